The van der Waals surface area contributed by atoms with E-state index in [0.29, 0.717) is 11.0 Å². The van der Waals surface area contributed by atoms with Crippen LogP contribution in [0.2, 0.25) is 0 Å². The first-order valence-corrected chi connectivity index (χ1v) is 8.22. The predicted octanol–water partition coefficient (Wildman–Crippen LogP) is 1.76. The summed E-state index contributed by atoms with van der Waals surface area (Å²) in [5.74, 6) is -0.320. The van der Waals surface area contributed by atoms with Gasteiger partial charge in [-0.3, -0.25) is 9.69 Å². The van der Waals surface area contributed by atoms with Crippen molar-refractivity contribution < 1.29 is 4.79 Å². The van der Waals surface area contributed by atoms with Crippen LogP contribution in [0.4, 0.5) is 0 Å². The molecule has 4 nitrogen and oxygen atoms in total. The number of rotatable bonds is 3. The van der Waals surface area contributed by atoms with Crippen molar-refractivity contribution in [2.24, 2.45) is 11.1 Å². The Morgan fingerprint density at radius 3 is 2.95 bits per heavy atom. The molecule has 3 rings (SSSR count). The number of likely N-dealkylation sites (tertiary alicyclic amines) is 2. The highest BCUT2D eigenvalue weighted by atomic mass is 32.1. The molecular weight excluding hydrogens is 270 g/mol. The number of amides is 1. The van der Waals surface area contributed by atoms with Crippen molar-refractivity contribution in [2.75, 3.05) is 33.2 Å². The standard InChI is InChI=1S/C15H23N3OS/c1-17-5-2-3-15(10-17)4-6-18(11-15)8-13-7-12(9-20-13)14(16)19/h7,9H,2-6,8,10-11H2,1H3,(H2,16,19). The molecule has 1 amide bonds. The fourth-order valence-electron chi connectivity index (χ4n) is 3.76. The molecule has 0 aromatic carbocycles. The van der Waals surface area contributed by atoms with E-state index in [1.807, 2.05) is 11.4 Å². The molecule has 20 heavy (non-hydrogen) atoms. The minimum absolute atomic E-state index is 0.320. The van der Waals surface area contributed by atoms with Gasteiger partial charge in [0.15, 0.2) is 0 Å². The van der Waals surface area contributed by atoms with E-state index in [0.717, 1.165) is 6.54 Å². The lowest BCUT2D eigenvalue weighted by Gasteiger charge is -2.38. The predicted molar refractivity (Wildman–Crippen MR) is 81.9 cm³/mol. The lowest BCUT2D eigenvalue weighted by atomic mass is 9.79. The molecule has 110 valence electrons. The normalized spacial score (nSPS) is 28.2. The second kappa shape index (κ2) is 5.47. The van der Waals surface area contributed by atoms with Gasteiger partial charge in [0.1, 0.15) is 0 Å². The molecule has 5 heteroatoms. The third-order valence-electron chi connectivity index (χ3n) is 4.69. The van der Waals surface area contributed by atoms with Crippen LogP contribution in [-0.2, 0) is 6.54 Å². The summed E-state index contributed by atoms with van der Waals surface area (Å²) in [6, 6.07) is 1.95. The molecule has 2 fully saturated rings. The van der Waals surface area contributed by atoms with Gasteiger partial charge in [-0.15, -0.1) is 11.3 Å². The quantitative estimate of drug-likeness (QED) is 0.924. The minimum Gasteiger partial charge on any atom is -0.366 e. The van der Waals surface area contributed by atoms with Crippen molar-refractivity contribution in [3.8, 4) is 0 Å². The average Bonchev–Trinajstić information content (AvgIpc) is 2.98. The lowest BCUT2D eigenvalue weighted by molar-refractivity contribution is 0.100. The van der Waals surface area contributed by atoms with Crippen molar-refractivity contribution in [2.45, 2.75) is 25.8 Å². The molecule has 1 aromatic heterocycles. The van der Waals surface area contributed by atoms with E-state index in [1.165, 1.54) is 50.3 Å². The number of nitrogens with zero attached hydrogens (tertiary/aromatic N) is 2. The molecule has 2 N–H and O–H groups in total. The van der Waals surface area contributed by atoms with E-state index in [9.17, 15) is 4.79 Å². The van der Waals surface area contributed by atoms with Crippen LogP contribution < -0.4 is 5.73 Å². The van der Waals surface area contributed by atoms with Crippen LogP contribution in [0, 0.1) is 5.41 Å². The van der Waals surface area contributed by atoms with Gasteiger partial charge in [0.2, 0.25) is 5.91 Å². The third kappa shape index (κ3) is 2.90. The molecule has 2 aliphatic heterocycles. The minimum atomic E-state index is -0.320. The Morgan fingerprint density at radius 2 is 2.25 bits per heavy atom. The Hall–Kier alpha value is -0.910. The van der Waals surface area contributed by atoms with Crippen molar-refractivity contribution in [1.82, 2.24) is 9.80 Å². The van der Waals surface area contributed by atoms with Gasteiger partial charge in [-0.05, 0) is 50.9 Å². The van der Waals surface area contributed by atoms with Gasteiger partial charge in [-0.1, -0.05) is 0 Å². The molecule has 0 bridgehead atoms. The fraction of sp³-hybridized carbons (Fsp3) is 0.667. The first-order chi connectivity index (χ1) is 9.56. The topological polar surface area (TPSA) is 49.6 Å². The van der Waals surface area contributed by atoms with Crippen LogP contribution in [0.1, 0.15) is 34.5 Å². The molecule has 2 aliphatic rings. The fourth-order valence-corrected chi connectivity index (χ4v) is 4.68. The molecule has 1 aromatic rings. The van der Waals surface area contributed by atoms with Gasteiger partial charge < -0.3 is 10.6 Å². The van der Waals surface area contributed by atoms with Crippen molar-refractivity contribution in [3.05, 3.63) is 21.9 Å². The summed E-state index contributed by atoms with van der Waals surface area (Å²) in [6.07, 6.45) is 4.01. The number of nitrogens with two attached hydrogens (primary N) is 1. The van der Waals surface area contributed by atoms with Crippen LogP contribution in [0.25, 0.3) is 0 Å². The summed E-state index contributed by atoms with van der Waals surface area (Å²) >= 11 is 1.65. The maximum Gasteiger partial charge on any atom is 0.249 e. The Labute approximate surface area is 124 Å². The highest BCUT2D eigenvalue weighted by Gasteiger charge is 2.40. The van der Waals surface area contributed by atoms with E-state index in [1.54, 1.807) is 11.3 Å². The van der Waals surface area contributed by atoms with E-state index in [-0.39, 0.29) is 5.91 Å². The van der Waals surface area contributed by atoms with Crippen LogP contribution >= 0.6 is 11.3 Å². The van der Waals surface area contributed by atoms with Crippen LogP contribution in [0.5, 0.6) is 0 Å². The van der Waals surface area contributed by atoms with Gasteiger partial charge in [0.25, 0.3) is 0 Å². The molecule has 0 radical (unpaired) electrons. The molecule has 0 saturated carbocycles. The maximum absolute atomic E-state index is 11.1. The summed E-state index contributed by atoms with van der Waals surface area (Å²) in [5, 5.41) is 1.87. The zero-order valence-corrected chi connectivity index (χ0v) is 12.9. The van der Waals surface area contributed by atoms with Crippen LogP contribution in [0.3, 0.4) is 0 Å². The SMILES string of the molecule is CN1CCCC2(CCN(Cc3cc(C(N)=O)cs3)C2)C1. The van der Waals surface area contributed by atoms with Crippen molar-refractivity contribution in [3.63, 3.8) is 0 Å². The largest absolute Gasteiger partial charge is 0.366 e. The van der Waals surface area contributed by atoms with E-state index < -0.39 is 0 Å². The zero-order valence-electron chi connectivity index (χ0n) is 12.1. The van der Waals surface area contributed by atoms with Crippen LogP contribution in [0.15, 0.2) is 11.4 Å². The molecule has 3 heterocycles. The van der Waals surface area contributed by atoms with E-state index in [4.69, 9.17) is 5.73 Å². The first kappa shape index (κ1) is 14.0. The summed E-state index contributed by atoms with van der Waals surface area (Å²) in [6.45, 7) is 5.82. The number of primary amides is 1. The summed E-state index contributed by atoms with van der Waals surface area (Å²) in [4.78, 5) is 17.4. The monoisotopic (exact) mass is 293 g/mol. The lowest BCUT2D eigenvalue weighted by Crippen LogP contribution is -2.42. The number of carbonyl (C=O) groups is 1. The third-order valence-corrected chi connectivity index (χ3v) is 5.61. The van der Waals surface area contributed by atoms with Gasteiger partial charge in [-0.2, -0.15) is 0 Å². The Bertz CT molecular complexity index is 501. The van der Waals surface area contributed by atoms with Gasteiger partial charge in [-0.25, -0.2) is 0 Å². The van der Waals surface area contributed by atoms with Gasteiger partial charge in [0, 0.05) is 29.9 Å². The molecular formula is C15H23N3OS. The molecule has 1 unspecified atom stereocenters. The molecule has 1 spiro atoms. The second-order valence-corrected chi connectivity index (χ2v) is 7.46. The van der Waals surface area contributed by atoms with Gasteiger partial charge in [0.05, 0.1) is 5.56 Å². The maximum atomic E-state index is 11.1. The Kier molecular flexibility index (Phi) is 3.84. The van der Waals surface area contributed by atoms with Gasteiger partial charge >= 0.3 is 0 Å². The molecule has 0 aliphatic carbocycles. The highest BCUT2D eigenvalue weighted by Crippen LogP contribution is 2.39. The van der Waals surface area contributed by atoms with Crippen molar-refractivity contribution in [1.29, 1.82) is 0 Å². The Morgan fingerprint density at radius 1 is 1.40 bits per heavy atom. The van der Waals surface area contributed by atoms with Crippen LogP contribution in [-0.4, -0.2) is 48.9 Å². The Balaban J connectivity index is 1.61. The highest BCUT2D eigenvalue weighted by molar-refractivity contribution is 7.10. The first-order valence-electron chi connectivity index (χ1n) is 7.34. The average molecular weight is 293 g/mol. The number of hydrogen-bond donors (Lipinski definition) is 1. The number of thiophene rings is 1. The molecule has 1 atom stereocenters. The molecule has 2 saturated heterocycles. The summed E-state index contributed by atoms with van der Waals surface area (Å²) < 4.78 is 0. The summed E-state index contributed by atoms with van der Waals surface area (Å²) in [5.41, 5.74) is 6.47. The number of piperidine rings is 1. The van der Waals surface area contributed by atoms with Crippen molar-refractivity contribution >= 4 is 17.2 Å². The number of carbonyl (C=O) groups excluding carboxylic acids is 1. The summed E-state index contributed by atoms with van der Waals surface area (Å²) in [7, 11) is 2.24. The smallest absolute Gasteiger partial charge is 0.249 e. The van der Waals surface area contributed by atoms with E-state index >= 15 is 0 Å². The number of hydrogen-bond acceptors (Lipinski definition) is 4. The van der Waals surface area contributed by atoms with E-state index in [2.05, 4.69) is 16.8 Å². The zero-order chi connectivity index (χ0) is 14.2. The second-order valence-electron chi connectivity index (χ2n) is 6.47.